The number of unbranched alkanes of at least 4 members (excludes halogenated alkanes) is 7. The molecule has 1 aromatic carbocycles. The maximum Gasteiger partial charge on any atom is 0.323 e. The second kappa shape index (κ2) is 16.1. The molecule has 1 aromatic rings. The van der Waals surface area contributed by atoms with Gasteiger partial charge in [-0.15, -0.1) is 0 Å². The predicted molar refractivity (Wildman–Crippen MR) is 142 cm³/mol. The largest absolute Gasteiger partial charge is 0.465 e. The number of hydrogen-bond donors (Lipinski definition) is 0. The summed E-state index contributed by atoms with van der Waals surface area (Å²) >= 11 is 0. The molecular weight excluding hydrogens is 476 g/mol. The van der Waals surface area contributed by atoms with E-state index in [0.717, 1.165) is 19.3 Å². The standard InChI is InChI=1S/C30H47F2NO4/c1-5-8-9-10-11-12-13-14-15-23-16-17-24(27(32)26(23)31)22-33(4)25-18-20-30(21-19-25,28(34)36-6-2)29(35)37-7-3/h16-17,25H,5-15,18-22H2,1-4H3. The number of carbonyl (C=O) groups is 2. The zero-order valence-electron chi connectivity index (χ0n) is 23.4. The monoisotopic (exact) mass is 523 g/mol. The van der Waals surface area contributed by atoms with Gasteiger partial charge in [-0.25, -0.2) is 8.78 Å². The minimum Gasteiger partial charge on any atom is -0.465 e. The summed E-state index contributed by atoms with van der Waals surface area (Å²) in [4.78, 5) is 27.3. The molecule has 0 radical (unpaired) electrons. The van der Waals surface area contributed by atoms with E-state index in [4.69, 9.17) is 9.47 Å². The van der Waals surface area contributed by atoms with E-state index in [1.165, 1.54) is 32.1 Å². The van der Waals surface area contributed by atoms with Crippen LogP contribution in [-0.4, -0.2) is 43.1 Å². The number of nitrogens with zero attached hydrogens (tertiary/aromatic N) is 1. The Morgan fingerprint density at radius 1 is 0.838 bits per heavy atom. The number of halogens is 2. The van der Waals surface area contributed by atoms with Crippen molar-refractivity contribution in [2.45, 2.75) is 117 Å². The third-order valence-electron chi connectivity index (χ3n) is 7.73. The summed E-state index contributed by atoms with van der Waals surface area (Å²) in [5, 5.41) is 0. The minimum absolute atomic E-state index is 0.0384. The summed E-state index contributed by atoms with van der Waals surface area (Å²) in [6.07, 6.45) is 11.6. The summed E-state index contributed by atoms with van der Waals surface area (Å²) in [5.74, 6) is -2.57. The van der Waals surface area contributed by atoms with Gasteiger partial charge in [-0.05, 0) is 65.0 Å². The third kappa shape index (κ3) is 8.76. The highest BCUT2D eigenvalue weighted by Crippen LogP contribution is 2.40. The quantitative estimate of drug-likeness (QED) is 0.131. The Morgan fingerprint density at radius 2 is 1.32 bits per heavy atom. The summed E-state index contributed by atoms with van der Waals surface area (Å²) < 4.78 is 40.1. The van der Waals surface area contributed by atoms with E-state index in [1.54, 1.807) is 26.0 Å². The van der Waals surface area contributed by atoms with Crippen LogP contribution < -0.4 is 0 Å². The number of esters is 2. The number of hydrogen-bond acceptors (Lipinski definition) is 5. The first kappa shape index (κ1) is 31.2. The van der Waals surface area contributed by atoms with Crippen LogP contribution in [0.15, 0.2) is 12.1 Å². The Bertz CT molecular complexity index is 832. The van der Waals surface area contributed by atoms with Crippen molar-refractivity contribution in [1.29, 1.82) is 0 Å². The van der Waals surface area contributed by atoms with E-state index in [-0.39, 0.29) is 25.8 Å². The molecule has 1 fully saturated rings. The maximum atomic E-state index is 14.9. The van der Waals surface area contributed by atoms with E-state index in [2.05, 4.69) is 6.92 Å². The van der Waals surface area contributed by atoms with E-state index in [1.807, 2.05) is 11.9 Å². The normalized spacial score (nSPS) is 15.6. The lowest BCUT2D eigenvalue weighted by Gasteiger charge is -2.39. The lowest BCUT2D eigenvalue weighted by Crippen LogP contribution is -2.48. The Morgan fingerprint density at radius 3 is 1.86 bits per heavy atom. The fourth-order valence-electron chi connectivity index (χ4n) is 5.36. The average Bonchev–Trinajstić information content (AvgIpc) is 2.89. The number of carbonyl (C=O) groups excluding carboxylic acids is 2. The minimum atomic E-state index is -1.28. The second-order valence-corrected chi connectivity index (χ2v) is 10.4. The van der Waals surface area contributed by atoms with Gasteiger partial charge in [0, 0.05) is 18.2 Å². The Hall–Kier alpha value is -2.02. The van der Waals surface area contributed by atoms with Crippen LogP contribution in [0.1, 0.15) is 109 Å². The molecule has 0 bridgehead atoms. The molecule has 5 nitrogen and oxygen atoms in total. The first-order valence-electron chi connectivity index (χ1n) is 14.3. The van der Waals surface area contributed by atoms with Crippen LogP contribution in [0.25, 0.3) is 0 Å². The van der Waals surface area contributed by atoms with Gasteiger partial charge in [0.15, 0.2) is 17.0 Å². The molecule has 0 heterocycles. The van der Waals surface area contributed by atoms with E-state index < -0.39 is 29.0 Å². The summed E-state index contributed by atoms with van der Waals surface area (Å²) in [5.41, 5.74) is -0.508. The van der Waals surface area contributed by atoms with Gasteiger partial charge in [-0.1, -0.05) is 64.0 Å². The molecule has 7 heteroatoms. The number of ether oxygens (including phenoxy) is 2. The molecule has 37 heavy (non-hydrogen) atoms. The SMILES string of the molecule is CCCCCCCCCCc1ccc(CN(C)C2CCC(C(=O)OCC)(C(=O)OCC)CC2)c(F)c1F. The van der Waals surface area contributed by atoms with Gasteiger partial charge < -0.3 is 9.47 Å². The molecule has 0 unspecified atom stereocenters. The summed E-state index contributed by atoms with van der Waals surface area (Å²) in [6, 6.07) is 3.45. The highest BCUT2D eigenvalue weighted by atomic mass is 19.2. The smallest absolute Gasteiger partial charge is 0.323 e. The van der Waals surface area contributed by atoms with Gasteiger partial charge in [0.05, 0.1) is 13.2 Å². The molecule has 2 rings (SSSR count). The molecule has 1 saturated carbocycles. The molecule has 0 amide bonds. The summed E-state index contributed by atoms with van der Waals surface area (Å²) in [6.45, 7) is 6.29. The van der Waals surface area contributed by atoms with E-state index in [0.29, 0.717) is 43.2 Å². The van der Waals surface area contributed by atoms with Crippen molar-refractivity contribution in [3.05, 3.63) is 34.9 Å². The Labute approximate surface area is 222 Å². The molecule has 0 aromatic heterocycles. The molecule has 0 atom stereocenters. The van der Waals surface area contributed by atoms with Crippen molar-refractivity contribution in [3.8, 4) is 0 Å². The van der Waals surface area contributed by atoms with Crippen molar-refractivity contribution in [1.82, 2.24) is 4.90 Å². The van der Waals surface area contributed by atoms with Crippen molar-refractivity contribution in [3.63, 3.8) is 0 Å². The van der Waals surface area contributed by atoms with Gasteiger partial charge >= 0.3 is 11.9 Å². The molecular formula is C30H47F2NO4. The number of aryl methyl sites for hydroxylation is 1. The first-order valence-corrected chi connectivity index (χ1v) is 14.3. The van der Waals surface area contributed by atoms with Crippen molar-refractivity contribution < 1.29 is 27.8 Å². The molecule has 0 spiro atoms. The van der Waals surface area contributed by atoms with Crippen LogP contribution in [0.3, 0.4) is 0 Å². The topological polar surface area (TPSA) is 55.8 Å². The fraction of sp³-hybridized carbons (Fsp3) is 0.733. The molecule has 0 aliphatic heterocycles. The Kier molecular flexibility index (Phi) is 13.5. The van der Waals surface area contributed by atoms with Crippen LogP contribution >= 0.6 is 0 Å². The van der Waals surface area contributed by atoms with Crippen LogP contribution in [0.2, 0.25) is 0 Å². The van der Waals surface area contributed by atoms with E-state index in [9.17, 15) is 18.4 Å². The van der Waals surface area contributed by atoms with Crippen LogP contribution in [0.5, 0.6) is 0 Å². The predicted octanol–water partition coefficient (Wildman–Crippen LogP) is 7.14. The highest BCUT2D eigenvalue weighted by molar-refractivity contribution is 6.00. The van der Waals surface area contributed by atoms with Gasteiger partial charge in [-0.2, -0.15) is 0 Å². The number of benzene rings is 1. The maximum absolute atomic E-state index is 14.9. The zero-order chi connectivity index (χ0) is 27.3. The van der Waals surface area contributed by atoms with Gasteiger partial charge in [0.2, 0.25) is 0 Å². The van der Waals surface area contributed by atoms with Crippen molar-refractivity contribution in [2.24, 2.45) is 5.41 Å². The number of rotatable bonds is 16. The molecule has 0 saturated heterocycles. The lowest BCUT2D eigenvalue weighted by molar-refractivity contribution is -0.175. The Balaban J connectivity index is 1.90. The van der Waals surface area contributed by atoms with Crippen LogP contribution in [0.4, 0.5) is 8.78 Å². The average molecular weight is 524 g/mol. The fourth-order valence-corrected chi connectivity index (χ4v) is 5.36. The van der Waals surface area contributed by atoms with Gasteiger partial charge in [-0.3, -0.25) is 14.5 Å². The van der Waals surface area contributed by atoms with Gasteiger partial charge in [0.25, 0.3) is 0 Å². The summed E-state index contributed by atoms with van der Waals surface area (Å²) in [7, 11) is 1.87. The van der Waals surface area contributed by atoms with Crippen LogP contribution in [0, 0.1) is 17.0 Å². The van der Waals surface area contributed by atoms with Crippen molar-refractivity contribution >= 4 is 11.9 Å². The molecule has 210 valence electrons. The highest BCUT2D eigenvalue weighted by Gasteiger charge is 2.51. The van der Waals surface area contributed by atoms with Gasteiger partial charge in [0.1, 0.15) is 0 Å². The van der Waals surface area contributed by atoms with E-state index >= 15 is 0 Å². The van der Waals surface area contributed by atoms with Crippen LogP contribution in [-0.2, 0) is 32.0 Å². The lowest BCUT2D eigenvalue weighted by atomic mass is 9.72. The third-order valence-corrected chi connectivity index (χ3v) is 7.73. The zero-order valence-corrected chi connectivity index (χ0v) is 23.4. The first-order chi connectivity index (χ1) is 17.8. The van der Waals surface area contributed by atoms with Crippen molar-refractivity contribution in [2.75, 3.05) is 20.3 Å². The second-order valence-electron chi connectivity index (χ2n) is 10.4. The molecule has 0 N–H and O–H groups in total. The molecule has 1 aliphatic carbocycles. The molecule has 1 aliphatic rings.